The number of aryl methyl sites for hydroxylation is 2. The molecule has 1 aromatic heterocycles. The number of hydrogen-bond donors (Lipinski definition) is 0. The SMILES string of the molecule is Cc1noc(C)c1CC(=O)N1CCC2(CC1)OC(=O)c1ccccc12. The number of fused-ring (bicyclic) bond motifs is 2. The van der Waals surface area contributed by atoms with Crippen molar-refractivity contribution in [1.29, 1.82) is 0 Å². The van der Waals surface area contributed by atoms with Crippen LogP contribution >= 0.6 is 0 Å². The Kier molecular flexibility index (Phi) is 3.63. The van der Waals surface area contributed by atoms with Gasteiger partial charge in [0.15, 0.2) is 0 Å². The molecule has 2 aliphatic rings. The van der Waals surface area contributed by atoms with E-state index < -0.39 is 5.60 Å². The Morgan fingerprint density at radius 3 is 2.64 bits per heavy atom. The first-order valence-corrected chi connectivity index (χ1v) is 8.52. The average Bonchev–Trinajstić information content (AvgIpc) is 3.08. The summed E-state index contributed by atoms with van der Waals surface area (Å²) in [5.74, 6) is 0.492. The van der Waals surface area contributed by atoms with Crippen molar-refractivity contribution in [1.82, 2.24) is 10.1 Å². The number of esters is 1. The van der Waals surface area contributed by atoms with E-state index in [9.17, 15) is 9.59 Å². The predicted molar refractivity (Wildman–Crippen MR) is 89.0 cm³/mol. The highest BCUT2D eigenvalue weighted by atomic mass is 16.6. The van der Waals surface area contributed by atoms with Crippen molar-refractivity contribution in [3.63, 3.8) is 0 Å². The molecule has 25 heavy (non-hydrogen) atoms. The van der Waals surface area contributed by atoms with Crippen LogP contribution in [0.5, 0.6) is 0 Å². The van der Waals surface area contributed by atoms with E-state index in [1.54, 1.807) is 6.07 Å². The molecule has 6 heteroatoms. The molecule has 3 heterocycles. The average molecular weight is 340 g/mol. The summed E-state index contributed by atoms with van der Waals surface area (Å²) in [5, 5.41) is 3.90. The molecular weight excluding hydrogens is 320 g/mol. The van der Waals surface area contributed by atoms with Crippen LogP contribution in [-0.2, 0) is 21.6 Å². The molecule has 2 aromatic rings. The van der Waals surface area contributed by atoms with Crippen molar-refractivity contribution < 1.29 is 18.8 Å². The van der Waals surface area contributed by atoms with Crippen molar-refractivity contribution in [3.8, 4) is 0 Å². The lowest BCUT2D eigenvalue weighted by Crippen LogP contribution is -2.45. The van der Waals surface area contributed by atoms with Gasteiger partial charge in [-0.1, -0.05) is 23.4 Å². The first-order valence-electron chi connectivity index (χ1n) is 8.52. The number of nitrogens with zero attached hydrogens (tertiary/aromatic N) is 2. The third-order valence-corrected chi connectivity index (χ3v) is 5.36. The normalized spacial score (nSPS) is 18.3. The van der Waals surface area contributed by atoms with E-state index in [0.29, 0.717) is 43.7 Å². The monoisotopic (exact) mass is 340 g/mol. The molecule has 1 fully saturated rings. The third-order valence-electron chi connectivity index (χ3n) is 5.36. The summed E-state index contributed by atoms with van der Waals surface area (Å²) >= 11 is 0. The summed E-state index contributed by atoms with van der Waals surface area (Å²) in [6.45, 7) is 4.82. The molecule has 1 saturated heterocycles. The van der Waals surface area contributed by atoms with Gasteiger partial charge in [-0.3, -0.25) is 4.79 Å². The molecule has 130 valence electrons. The van der Waals surface area contributed by atoms with E-state index in [1.165, 1.54) is 0 Å². The minimum Gasteiger partial charge on any atom is -0.450 e. The van der Waals surface area contributed by atoms with Crippen molar-refractivity contribution in [3.05, 3.63) is 52.4 Å². The molecule has 1 spiro atoms. The van der Waals surface area contributed by atoms with Gasteiger partial charge in [-0.25, -0.2) is 4.79 Å². The molecule has 6 nitrogen and oxygen atoms in total. The van der Waals surface area contributed by atoms with Crippen LogP contribution in [0.3, 0.4) is 0 Å². The number of piperidine rings is 1. The Morgan fingerprint density at radius 1 is 1.24 bits per heavy atom. The highest BCUT2D eigenvalue weighted by Crippen LogP contribution is 2.44. The van der Waals surface area contributed by atoms with Gasteiger partial charge in [0.2, 0.25) is 5.91 Å². The molecule has 0 bridgehead atoms. The Labute approximate surface area is 145 Å². The van der Waals surface area contributed by atoms with Crippen LogP contribution in [0.4, 0.5) is 0 Å². The largest absolute Gasteiger partial charge is 0.450 e. The molecule has 1 aromatic carbocycles. The van der Waals surface area contributed by atoms with Gasteiger partial charge in [0.25, 0.3) is 0 Å². The number of hydrogen-bond acceptors (Lipinski definition) is 5. The highest BCUT2D eigenvalue weighted by molar-refractivity contribution is 5.94. The molecule has 2 aliphatic heterocycles. The summed E-state index contributed by atoms with van der Waals surface area (Å²) in [6, 6.07) is 7.54. The van der Waals surface area contributed by atoms with Gasteiger partial charge in [0.05, 0.1) is 17.7 Å². The maximum absolute atomic E-state index is 12.6. The summed E-state index contributed by atoms with van der Waals surface area (Å²) < 4.78 is 10.9. The second-order valence-electron chi connectivity index (χ2n) is 6.79. The first-order chi connectivity index (χ1) is 12.0. The molecular formula is C19H20N2O4. The minimum atomic E-state index is -0.576. The van der Waals surface area contributed by atoms with E-state index in [-0.39, 0.29) is 11.9 Å². The number of carbonyl (C=O) groups excluding carboxylic acids is 2. The number of amides is 1. The fourth-order valence-corrected chi connectivity index (χ4v) is 3.85. The van der Waals surface area contributed by atoms with Crippen molar-refractivity contribution in [2.24, 2.45) is 0 Å². The lowest BCUT2D eigenvalue weighted by atomic mass is 9.83. The topological polar surface area (TPSA) is 72.6 Å². The standard InChI is InChI=1S/C19H20N2O4/c1-12-15(13(2)25-20-12)11-17(22)21-9-7-19(8-10-21)16-6-4-3-5-14(16)18(23)24-19/h3-6H,7-11H2,1-2H3. The van der Waals surface area contributed by atoms with Gasteiger partial charge in [0, 0.05) is 37.1 Å². The zero-order chi connectivity index (χ0) is 17.6. The smallest absolute Gasteiger partial charge is 0.339 e. The van der Waals surface area contributed by atoms with Crippen LogP contribution in [0.2, 0.25) is 0 Å². The quantitative estimate of drug-likeness (QED) is 0.786. The molecule has 1 amide bonds. The lowest BCUT2D eigenvalue weighted by molar-refractivity contribution is -0.134. The molecule has 0 aliphatic carbocycles. The van der Waals surface area contributed by atoms with Crippen molar-refractivity contribution >= 4 is 11.9 Å². The van der Waals surface area contributed by atoms with Crippen LogP contribution in [0.1, 0.15) is 45.8 Å². The van der Waals surface area contributed by atoms with E-state index >= 15 is 0 Å². The predicted octanol–water partition coefficient (Wildman–Crippen LogP) is 2.52. The molecule has 0 saturated carbocycles. The Morgan fingerprint density at radius 2 is 1.96 bits per heavy atom. The van der Waals surface area contributed by atoms with Crippen LogP contribution < -0.4 is 0 Å². The number of ether oxygens (including phenoxy) is 1. The van der Waals surface area contributed by atoms with Crippen LogP contribution in [0, 0.1) is 13.8 Å². The number of carbonyl (C=O) groups is 2. The number of rotatable bonds is 2. The van der Waals surface area contributed by atoms with Gasteiger partial charge in [-0.05, 0) is 19.9 Å². The summed E-state index contributed by atoms with van der Waals surface area (Å²) in [7, 11) is 0. The minimum absolute atomic E-state index is 0.0573. The number of benzene rings is 1. The van der Waals surface area contributed by atoms with Gasteiger partial charge < -0.3 is 14.2 Å². The summed E-state index contributed by atoms with van der Waals surface area (Å²) in [5.41, 5.74) is 2.66. The van der Waals surface area contributed by atoms with Crippen molar-refractivity contribution in [2.45, 2.75) is 38.7 Å². The van der Waals surface area contributed by atoms with Gasteiger partial charge in [0.1, 0.15) is 11.4 Å². The molecule has 0 atom stereocenters. The van der Waals surface area contributed by atoms with Crippen LogP contribution in [0.15, 0.2) is 28.8 Å². The summed E-state index contributed by atoms with van der Waals surface area (Å²) in [6.07, 6.45) is 1.55. The maximum Gasteiger partial charge on any atom is 0.339 e. The number of aromatic nitrogens is 1. The zero-order valence-electron chi connectivity index (χ0n) is 14.4. The number of likely N-dealkylation sites (tertiary alicyclic amines) is 1. The molecule has 0 radical (unpaired) electrons. The molecule has 4 rings (SSSR count). The van der Waals surface area contributed by atoms with E-state index in [2.05, 4.69) is 5.16 Å². The zero-order valence-corrected chi connectivity index (χ0v) is 14.4. The van der Waals surface area contributed by atoms with Gasteiger partial charge in [-0.2, -0.15) is 0 Å². The van der Waals surface area contributed by atoms with Crippen LogP contribution in [0.25, 0.3) is 0 Å². The third kappa shape index (κ3) is 2.52. The fourth-order valence-electron chi connectivity index (χ4n) is 3.85. The van der Waals surface area contributed by atoms with Gasteiger partial charge in [-0.15, -0.1) is 0 Å². The first kappa shape index (κ1) is 15.9. The van der Waals surface area contributed by atoms with E-state index in [0.717, 1.165) is 16.8 Å². The Balaban J connectivity index is 1.47. The van der Waals surface area contributed by atoms with E-state index in [4.69, 9.17) is 9.26 Å². The van der Waals surface area contributed by atoms with Crippen LogP contribution in [-0.4, -0.2) is 35.0 Å². The Hall–Kier alpha value is -2.63. The fraction of sp³-hybridized carbons (Fsp3) is 0.421. The Bertz CT molecular complexity index is 827. The maximum atomic E-state index is 12.6. The molecule has 0 unspecified atom stereocenters. The lowest BCUT2D eigenvalue weighted by Gasteiger charge is -2.38. The molecule has 0 N–H and O–H groups in total. The second kappa shape index (κ2) is 5.72. The van der Waals surface area contributed by atoms with E-state index in [1.807, 2.05) is 36.9 Å². The van der Waals surface area contributed by atoms with Crippen molar-refractivity contribution in [2.75, 3.05) is 13.1 Å². The highest BCUT2D eigenvalue weighted by Gasteiger charge is 2.47. The summed E-state index contributed by atoms with van der Waals surface area (Å²) in [4.78, 5) is 26.6. The second-order valence-corrected chi connectivity index (χ2v) is 6.79. The van der Waals surface area contributed by atoms with Gasteiger partial charge >= 0.3 is 5.97 Å².